The van der Waals surface area contributed by atoms with Crippen LogP contribution in [0.25, 0.3) is 10.2 Å². The molecule has 2 aromatic heterocycles. The number of carbonyl (C=O) groups is 2. The first-order valence-corrected chi connectivity index (χ1v) is 14.2. The maximum Gasteiger partial charge on any atom is 0.348 e. The molecule has 0 radical (unpaired) electrons. The molecular formula is C29H35FN4O7S. The van der Waals surface area contributed by atoms with Crippen LogP contribution in [0.3, 0.4) is 0 Å². The van der Waals surface area contributed by atoms with Gasteiger partial charge in [0.15, 0.2) is 0 Å². The first-order valence-electron chi connectivity index (χ1n) is 13.4. The minimum atomic E-state index is -1.18. The van der Waals surface area contributed by atoms with E-state index in [1.807, 2.05) is 6.07 Å². The molecule has 2 atom stereocenters. The van der Waals surface area contributed by atoms with E-state index < -0.39 is 41.1 Å². The topological polar surface area (TPSA) is 133 Å². The summed E-state index contributed by atoms with van der Waals surface area (Å²) in [6, 6.07) is 4.45. The number of hydrogen-bond acceptors (Lipinski definition) is 9. The molecular weight excluding hydrogens is 567 g/mol. The van der Waals surface area contributed by atoms with Crippen molar-refractivity contribution in [1.82, 2.24) is 14.0 Å². The number of nitrogens with zero attached hydrogens (tertiary/aromatic N) is 4. The maximum absolute atomic E-state index is 14.4. The van der Waals surface area contributed by atoms with Gasteiger partial charge in [0, 0.05) is 18.7 Å². The molecule has 1 aromatic carbocycles. The van der Waals surface area contributed by atoms with E-state index in [0.717, 1.165) is 15.9 Å². The van der Waals surface area contributed by atoms with E-state index in [1.165, 1.54) is 41.7 Å². The molecule has 0 saturated heterocycles. The summed E-state index contributed by atoms with van der Waals surface area (Å²) in [5.41, 5.74) is -0.954. The number of amides is 1. The van der Waals surface area contributed by atoms with Crippen LogP contribution >= 0.6 is 11.3 Å². The van der Waals surface area contributed by atoms with Crippen molar-refractivity contribution in [2.75, 3.05) is 27.4 Å². The van der Waals surface area contributed by atoms with E-state index >= 15 is 0 Å². The normalized spacial score (nSPS) is 12.7. The fraction of sp³-hybridized carbons (Fsp3) is 0.483. The second-order valence-corrected chi connectivity index (χ2v) is 10.9. The van der Waals surface area contributed by atoms with Gasteiger partial charge < -0.3 is 19.1 Å². The van der Waals surface area contributed by atoms with E-state index in [0.29, 0.717) is 5.56 Å². The Hall–Kier alpha value is -4.02. The molecule has 0 saturated carbocycles. The van der Waals surface area contributed by atoms with E-state index in [9.17, 15) is 23.6 Å². The zero-order chi connectivity index (χ0) is 31.3. The maximum atomic E-state index is 14.4. The number of aryl methyl sites for hydroxylation is 1. The number of carbonyl (C=O) groups excluding carboxylic acids is 2. The van der Waals surface area contributed by atoms with Gasteiger partial charge in [-0.05, 0) is 58.4 Å². The number of fused-ring (bicyclic) bond motifs is 1. The molecule has 0 aliphatic carbocycles. The van der Waals surface area contributed by atoms with Gasteiger partial charge in [0.05, 0.1) is 44.7 Å². The van der Waals surface area contributed by atoms with Crippen molar-refractivity contribution in [3.63, 3.8) is 0 Å². The van der Waals surface area contributed by atoms with Gasteiger partial charge in [0.2, 0.25) is 5.91 Å². The summed E-state index contributed by atoms with van der Waals surface area (Å²) in [6.45, 7) is 8.12. The SMILES string of the molecule is CCOC(=O)c1sc2c(c1C)c(=O)n([C@H](C)C(=O)N(C)C(C)C)c(=O)n2C[C@H](OCCC#N)c1cc(F)ccc1OC. The average Bonchev–Trinajstić information content (AvgIpc) is 3.30. The van der Waals surface area contributed by atoms with E-state index in [-0.39, 0.29) is 58.6 Å². The highest BCUT2D eigenvalue weighted by Gasteiger charge is 2.31. The zero-order valence-corrected chi connectivity index (χ0v) is 25.5. The lowest BCUT2D eigenvalue weighted by Crippen LogP contribution is -2.47. The van der Waals surface area contributed by atoms with Crippen molar-refractivity contribution in [2.45, 2.75) is 65.8 Å². The number of methoxy groups -OCH3 is 1. The van der Waals surface area contributed by atoms with Gasteiger partial charge in [0.25, 0.3) is 5.56 Å². The highest BCUT2D eigenvalue weighted by Crippen LogP contribution is 2.33. The van der Waals surface area contributed by atoms with Gasteiger partial charge in [-0.3, -0.25) is 14.2 Å². The smallest absolute Gasteiger partial charge is 0.348 e. The highest BCUT2D eigenvalue weighted by molar-refractivity contribution is 7.20. The van der Waals surface area contributed by atoms with E-state index in [1.54, 1.807) is 34.7 Å². The van der Waals surface area contributed by atoms with Crippen LogP contribution in [-0.4, -0.2) is 59.3 Å². The fourth-order valence-electron chi connectivity index (χ4n) is 4.53. The minimum absolute atomic E-state index is 0.0239. The molecule has 0 aliphatic heterocycles. The molecule has 13 heteroatoms. The quantitative estimate of drug-likeness (QED) is 0.225. The van der Waals surface area contributed by atoms with Crippen molar-refractivity contribution in [3.8, 4) is 11.8 Å². The number of ether oxygens (including phenoxy) is 3. The lowest BCUT2D eigenvalue weighted by atomic mass is 10.1. The number of aromatic nitrogens is 2. The van der Waals surface area contributed by atoms with Gasteiger partial charge in [-0.2, -0.15) is 5.26 Å². The Morgan fingerprint density at radius 2 is 1.90 bits per heavy atom. The van der Waals surface area contributed by atoms with Crippen molar-refractivity contribution in [1.29, 1.82) is 5.26 Å². The number of benzene rings is 1. The highest BCUT2D eigenvalue weighted by atomic mass is 32.1. The molecule has 0 bridgehead atoms. The molecule has 3 rings (SSSR count). The Labute approximate surface area is 246 Å². The summed E-state index contributed by atoms with van der Waals surface area (Å²) in [5, 5.41) is 9.16. The predicted molar refractivity (Wildman–Crippen MR) is 156 cm³/mol. The molecule has 11 nitrogen and oxygen atoms in total. The van der Waals surface area contributed by atoms with E-state index in [2.05, 4.69) is 0 Å². The van der Waals surface area contributed by atoms with E-state index in [4.69, 9.17) is 19.5 Å². The van der Waals surface area contributed by atoms with Gasteiger partial charge in [0.1, 0.15) is 33.4 Å². The third kappa shape index (κ3) is 6.39. The van der Waals surface area contributed by atoms with Crippen LogP contribution in [0, 0.1) is 24.1 Å². The van der Waals surface area contributed by atoms with Crippen LogP contribution in [0.1, 0.15) is 67.1 Å². The molecule has 0 fully saturated rings. The molecule has 226 valence electrons. The number of hydrogen-bond donors (Lipinski definition) is 0. The summed E-state index contributed by atoms with van der Waals surface area (Å²) in [5.74, 6) is -1.40. The second-order valence-electron chi connectivity index (χ2n) is 9.90. The number of rotatable bonds is 12. The molecule has 0 unspecified atom stereocenters. The Kier molecular flexibility index (Phi) is 10.6. The number of halogens is 1. The summed E-state index contributed by atoms with van der Waals surface area (Å²) in [7, 11) is 2.98. The Balaban J connectivity index is 2.36. The van der Waals surface area contributed by atoms with Gasteiger partial charge in [-0.15, -0.1) is 11.3 Å². The first-order chi connectivity index (χ1) is 19.9. The summed E-state index contributed by atoms with van der Waals surface area (Å²) < 4.78 is 33.1. The summed E-state index contributed by atoms with van der Waals surface area (Å²) in [6.07, 6.45) is -0.982. The minimum Gasteiger partial charge on any atom is -0.496 e. The zero-order valence-electron chi connectivity index (χ0n) is 24.7. The largest absolute Gasteiger partial charge is 0.496 e. The van der Waals surface area contributed by atoms with Crippen molar-refractivity contribution in [2.24, 2.45) is 0 Å². The van der Waals surface area contributed by atoms with Crippen LogP contribution < -0.4 is 16.0 Å². The van der Waals surface area contributed by atoms with Crippen LogP contribution in [0.15, 0.2) is 27.8 Å². The van der Waals surface area contributed by atoms with Crippen molar-refractivity contribution in [3.05, 3.63) is 60.9 Å². The van der Waals surface area contributed by atoms with Crippen LogP contribution in [0.4, 0.5) is 4.39 Å². The lowest BCUT2D eigenvalue weighted by molar-refractivity contribution is -0.134. The Morgan fingerprint density at radius 1 is 1.21 bits per heavy atom. The van der Waals surface area contributed by atoms with Crippen molar-refractivity contribution < 1.29 is 28.2 Å². The summed E-state index contributed by atoms with van der Waals surface area (Å²) >= 11 is 0.912. The fourth-order valence-corrected chi connectivity index (χ4v) is 5.72. The second kappa shape index (κ2) is 13.8. The first kappa shape index (κ1) is 32.5. The number of thiophene rings is 1. The molecule has 0 N–H and O–H groups in total. The van der Waals surface area contributed by atoms with Crippen LogP contribution in [0.2, 0.25) is 0 Å². The van der Waals surface area contributed by atoms with Gasteiger partial charge in [-0.1, -0.05) is 0 Å². The third-order valence-corrected chi connectivity index (χ3v) is 8.29. The lowest BCUT2D eigenvalue weighted by Gasteiger charge is -2.27. The molecule has 1 amide bonds. The van der Waals surface area contributed by atoms with Crippen molar-refractivity contribution >= 4 is 33.4 Å². The molecule has 0 spiro atoms. The van der Waals surface area contributed by atoms with Gasteiger partial charge in [-0.25, -0.2) is 18.5 Å². The number of likely N-dealkylation sites (N-methyl/N-ethyl adjacent to an activating group) is 1. The van der Waals surface area contributed by atoms with Crippen LogP contribution in [-0.2, 0) is 20.8 Å². The number of esters is 1. The molecule has 2 heterocycles. The standard InChI is InChI=1S/C29H35FN4O7S/c1-8-40-28(37)24-17(4)23-26(36)34(18(5)25(35)32(6)16(2)3)29(38)33(27(23)42-24)15-22(41-13-9-12-31)20-14-19(30)10-11-21(20)39-7/h10-11,14,16,18,22H,8-9,13,15H2,1-7H3/t18-,22+/m1/s1. The molecule has 0 aliphatic rings. The molecule has 3 aromatic rings. The average molecular weight is 603 g/mol. The number of nitriles is 1. The molecule has 42 heavy (non-hydrogen) atoms. The van der Waals surface area contributed by atoms with Crippen LogP contribution in [0.5, 0.6) is 5.75 Å². The monoisotopic (exact) mass is 602 g/mol. The van der Waals surface area contributed by atoms with Gasteiger partial charge >= 0.3 is 11.7 Å². The Morgan fingerprint density at radius 3 is 2.50 bits per heavy atom. The third-order valence-electron chi connectivity index (χ3n) is 6.99. The predicted octanol–water partition coefficient (Wildman–Crippen LogP) is 3.96. The summed E-state index contributed by atoms with van der Waals surface area (Å²) in [4.78, 5) is 55.8. The Bertz CT molecular complexity index is 1640.